The van der Waals surface area contributed by atoms with E-state index in [2.05, 4.69) is 99.0 Å². The van der Waals surface area contributed by atoms with E-state index in [1.807, 2.05) is 33.3 Å². The van der Waals surface area contributed by atoms with Crippen molar-refractivity contribution >= 4 is 19.7 Å². The predicted octanol–water partition coefficient (Wildman–Crippen LogP) is 21.0. The first-order valence-electron chi connectivity index (χ1n) is 33.4. The number of phosphoric acid groups is 1. The van der Waals surface area contributed by atoms with Crippen molar-refractivity contribution in [2.45, 2.75) is 309 Å². The Morgan fingerprint density at radius 3 is 1.23 bits per heavy atom. The van der Waals surface area contributed by atoms with Gasteiger partial charge in [0.25, 0.3) is 0 Å². The van der Waals surface area contributed by atoms with Crippen molar-refractivity contribution < 1.29 is 37.3 Å². The molecule has 0 rings (SSSR count). The van der Waals surface area contributed by atoms with Crippen molar-refractivity contribution in [2.75, 3.05) is 40.9 Å². The number of quaternary nitrogens is 1. The Bertz CT molecular complexity index is 1640. The summed E-state index contributed by atoms with van der Waals surface area (Å²) in [7, 11) is 1.49. The van der Waals surface area contributed by atoms with E-state index in [0.29, 0.717) is 17.4 Å². The van der Waals surface area contributed by atoms with Gasteiger partial charge in [-0.3, -0.25) is 18.6 Å². The smallest absolute Gasteiger partial charge is 0.456 e. The third kappa shape index (κ3) is 59.8. The van der Waals surface area contributed by atoms with Gasteiger partial charge in [0.15, 0.2) is 0 Å². The molecule has 0 radical (unpaired) electrons. The SMILES string of the molecule is CC/C=C\C/C=C\C/C=C\C/C=C\C/C=C\CCCCCCCCCCCCCC(=O)OC(/C=C\CCCCCCCCCCCC)C(COP(=O)(O)OCC[N+](C)(C)C)NC(=O)CCCCCCCCC/C=C\CCCCCC. The van der Waals surface area contributed by atoms with Crippen LogP contribution in [0.2, 0.25) is 0 Å². The van der Waals surface area contributed by atoms with Gasteiger partial charge in [0.1, 0.15) is 19.3 Å². The normalized spacial score (nSPS) is 14.1. The number of nitrogens with zero attached hydrogens (tertiary/aromatic N) is 1. The molecule has 464 valence electrons. The van der Waals surface area contributed by atoms with Crippen molar-refractivity contribution in [2.24, 2.45) is 0 Å². The van der Waals surface area contributed by atoms with Crippen molar-refractivity contribution in [3.05, 3.63) is 85.1 Å². The minimum atomic E-state index is -4.45. The Hall–Kier alpha value is -2.81. The zero-order chi connectivity index (χ0) is 58.6. The minimum absolute atomic E-state index is 0.0369. The molecule has 10 heteroatoms. The van der Waals surface area contributed by atoms with E-state index in [1.54, 1.807) is 0 Å². The van der Waals surface area contributed by atoms with Crippen molar-refractivity contribution in [1.29, 1.82) is 0 Å². The Morgan fingerprint density at radius 2 is 0.800 bits per heavy atom. The van der Waals surface area contributed by atoms with Crippen LogP contribution in [0.3, 0.4) is 0 Å². The molecule has 0 bridgehead atoms. The maximum Gasteiger partial charge on any atom is 0.472 e. The molecule has 9 nitrogen and oxygen atoms in total. The highest BCUT2D eigenvalue weighted by Gasteiger charge is 2.30. The molecule has 3 unspecified atom stereocenters. The summed E-state index contributed by atoms with van der Waals surface area (Å²) in [4.78, 5) is 37.8. The Labute approximate surface area is 495 Å². The maximum absolute atomic E-state index is 13.6. The average Bonchev–Trinajstić information content (AvgIpc) is 3.43. The van der Waals surface area contributed by atoms with Crippen LogP contribution in [0.5, 0.6) is 0 Å². The summed E-state index contributed by atoms with van der Waals surface area (Å²) in [6.07, 6.45) is 78.7. The van der Waals surface area contributed by atoms with Gasteiger partial charge in [0.05, 0.1) is 33.8 Å². The van der Waals surface area contributed by atoms with E-state index >= 15 is 0 Å². The van der Waals surface area contributed by atoms with Crippen molar-refractivity contribution in [1.82, 2.24) is 5.32 Å². The maximum atomic E-state index is 13.6. The number of allylic oxidation sites excluding steroid dienone is 13. The number of esters is 1. The number of hydrogen-bond donors (Lipinski definition) is 2. The fraction of sp³-hybridized carbons (Fsp3) is 0.771. The van der Waals surface area contributed by atoms with Gasteiger partial charge in [-0.15, -0.1) is 0 Å². The molecule has 0 aromatic heterocycles. The van der Waals surface area contributed by atoms with Crippen molar-refractivity contribution in [3.63, 3.8) is 0 Å². The van der Waals surface area contributed by atoms with Gasteiger partial charge in [-0.05, 0) is 102 Å². The Balaban J connectivity index is 5.08. The number of carbonyl (C=O) groups is 2. The van der Waals surface area contributed by atoms with E-state index in [9.17, 15) is 19.0 Å². The molecule has 0 aliphatic rings. The van der Waals surface area contributed by atoms with E-state index in [1.165, 1.54) is 161 Å². The van der Waals surface area contributed by atoms with E-state index in [4.69, 9.17) is 13.8 Å². The number of amides is 1. The van der Waals surface area contributed by atoms with Crippen LogP contribution in [-0.4, -0.2) is 74.3 Å². The first-order chi connectivity index (χ1) is 38.9. The van der Waals surface area contributed by atoms with Crippen LogP contribution >= 0.6 is 7.82 Å². The second-order valence-electron chi connectivity index (χ2n) is 23.6. The summed E-state index contributed by atoms with van der Waals surface area (Å²) < 4.78 is 30.7. The standard InChI is InChI=1S/C70H127N2O7P/c1-7-10-13-16-19-22-25-28-30-31-32-33-34-35-36-37-38-39-40-41-43-45-48-51-54-57-60-63-70(74)79-68(61-58-55-52-49-46-27-24-21-18-15-12-9-3)67(66-78-80(75,76)77-65-64-72(4,5)6)71-69(73)62-59-56-53-50-47-44-42-29-26-23-20-17-14-11-8-2/h10,13,19,22-23,26,28,30,32-33,35-36,58,61,67-68H,7-9,11-12,14-18,20-21,24-25,27,29,31,34,37-57,59-60,62-66H2,1-6H3,(H-,71,73,75,76)/p+1/b13-10-,22-19-,26-23-,30-28-,33-32-,36-35-,61-58-. The lowest BCUT2D eigenvalue weighted by atomic mass is 10.0. The van der Waals surface area contributed by atoms with Gasteiger partial charge in [0.2, 0.25) is 5.91 Å². The molecule has 0 fully saturated rings. The van der Waals surface area contributed by atoms with Gasteiger partial charge in [-0.1, -0.05) is 267 Å². The van der Waals surface area contributed by atoms with Gasteiger partial charge >= 0.3 is 13.8 Å². The summed E-state index contributed by atoms with van der Waals surface area (Å²) in [6, 6.07) is -0.854. The highest BCUT2D eigenvalue weighted by molar-refractivity contribution is 7.47. The van der Waals surface area contributed by atoms with E-state index in [-0.39, 0.29) is 31.5 Å². The Morgan fingerprint density at radius 1 is 0.450 bits per heavy atom. The topological polar surface area (TPSA) is 111 Å². The van der Waals surface area contributed by atoms with Gasteiger partial charge in [-0.2, -0.15) is 0 Å². The first kappa shape index (κ1) is 77.2. The van der Waals surface area contributed by atoms with Crippen LogP contribution in [-0.2, 0) is 27.9 Å². The number of rotatable bonds is 60. The molecule has 0 saturated carbocycles. The van der Waals surface area contributed by atoms with Crippen molar-refractivity contribution in [3.8, 4) is 0 Å². The van der Waals surface area contributed by atoms with Crippen LogP contribution in [0.4, 0.5) is 0 Å². The number of phosphoric ester groups is 1. The molecule has 80 heavy (non-hydrogen) atoms. The second-order valence-corrected chi connectivity index (χ2v) is 25.1. The van der Waals surface area contributed by atoms with Crippen LogP contribution in [0.15, 0.2) is 85.1 Å². The number of hydrogen-bond acceptors (Lipinski definition) is 6. The highest BCUT2D eigenvalue weighted by Crippen LogP contribution is 2.43. The second kappa shape index (κ2) is 59.4. The van der Waals surface area contributed by atoms with Crippen LogP contribution in [0.25, 0.3) is 0 Å². The summed E-state index contributed by atoms with van der Waals surface area (Å²) in [5.41, 5.74) is 0. The van der Waals surface area contributed by atoms with Crippen LogP contribution < -0.4 is 5.32 Å². The number of unbranched alkanes of at least 4 members (excludes halogenated alkanes) is 32. The van der Waals surface area contributed by atoms with Gasteiger partial charge in [-0.25, -0.2) is 4.57 Å². The zero-order valence-electron chi connectivity index (χ0n) is 53.1. The van der Waals surface area contributed by atoms with Gasteiger partial charge < -0.3 is 19.4 Å². The molecule has 0 saturated heterocycles. The summed E-state index contributed by atoms with van der Waals surface area (Å²) >= 11 is 0. The fourth-order valence-electron chi connectivity index (χ4n) is 9.43. The first-order valence-corrected chi connectivity index (χ1v) is 34.9. The lowest BCUT2D eigenvalue weighted by Crippen LogP contribution is -2.47. The number of carbonyl (C=O) groups excluding carboxylic acids is 2. The predicted molar refractivity (Wildman–Crippen MR) is 346 cm³/mol. The molecule has 0 aliphatic heterocycles. The minimum Gasteiger partial charge on any atom is -0.456 e. The summed E-state index contributed by atoms with van der Waals surface area (Å²) in [6.45, 7) is 6.90. The average molecular weight is 1140 g/mol. The number of nitrogens with one attached hydrogen (secondary N) is 1. The number of likely N-dealkylation sites (N-methyl/N-ethyl adjacent to an activating group) is 1. The number of ether oxygens (including phenoxy) is 1. The summed E-state index contributed by atoms with van der Waals surface area (Å²) in [5, 5.41) is 3.06. The van der Waals surface area contributed by atoms with E-state index in [0.717, 1.165) is 103 Å². The zero-order valence-corrected chi connectivity index (χ0v) is 54.0. The van der Waals surface area contributed by atoms with Crippen LogP contribution in [0, 0.1) is 0 Å². The molecular weight excluding hydrogens is 1010 g/mol. The van der Waals surface area contributed by atoms with Gasteiger partial charge in [0, 0.05) is 12.8 Å². The molecular formula is C70H128N2O7P+. The third-order valence-corrected chi connectivity index (χ3v) is 15.6. The highest BCUT2D eigenvalue weighted by atomic mass is 31.2. The molecule has 0 aromatic carbocycles. The van der Waals surface area contributed by atoms with Crippen LogP contribution in [0.1, 0.15) is 297 Å². The quantitative estimate of drug-likeness (QED) is 0.0205. The third-order valence-electron chi connectivity index (χ3n) is 14.6. The molecule has 0 spiro atoms. The lowest BCUT2D eigenvalue weighted by Gasteiger charge is -2.27. The lowest BCUT2D eigenvalue weighted by molar-refractivity contribution is -0.870. The molecule has 0 heterocycles. The fourth-order valence-corrected chi connectivity index (χ4v) is 10.2. The molecule has 0 aromatic rings. The molecule has 3 atom stereocenters. The monoisotopic (exact) mass is 1140 g/mol. The van der Waals surface area contributed by atoms with E-state index < -0.39 is 20.0 Å². The Kier molecular flexibility index (Phi) is 57.3. The molecule has 0 aliphatic carbocycles. The molecule has 2 N–H and O–H groups in total. The summed E-state index contributed by atoms with van der Waals surface area (Å²) in [5.74, 6) is -0.510. The molecule has 1 amide bonds. The largest absolute Gasteiger partial charge is 0.472 e.